The number of anilines is 2. The molecule has 190 valence electrons. The Morgan fingerprint density at radius 3 is 2.25 bits per heavy atom. The summed E-state index contributed by atoms with van der Waals surface area (Å²) in [7, 11) is -1.96. The number of nitrogens with one attached hydrogen (secondary N) is 1. The third-order valence-electron chi connectivity index (χ3n) is 8.57. The van der Waals surface area contributed by atoms with E-state index in [0.29, 0.717) is 11.4 Å². The highest BCUT2D eigenvalue weighted by atomic mass is 32.2. The zero-order chi connectivity index (χ0) is 25.2. The first-order valence-electron chi connectivity index (χ1n) is 12.6. The zero-order valence-corrected chi connectivity index (χ0v) is 22.2. The Hall–Kier alpha value is -2.65. The molecule has 0 aliphatic heterocycles. The van der Waals surface area contributed by atoms with Crippen molar-refractivity contribution in [1.82, 2.24) is 4.57 Å². The number of sulfonamides is 1. The van der Waals surface area contributed by atoms with Gasteiger partial charge in [-0.05, 0) is 97.6 Å². The lowest BCUT2D eigenvalue weighted by atomic mass is 9.48. The lowest BCUT2D eigenvalue weighted by Gasteiger charge is -2.57. The number of carbonyl (C=O) groups is 1. The molecule has 1 amide bonds. The van der Waals surface area contributed by atoms with E-state index in [1.807, 2.05) is 12.1 Å². The molecule has 3 aromatic rings. The zero-order valence-electron chi connectivity index (χ0n) is 20.6. The molecular formula is C27H31N3O4S2. The van der Waals surface area contributed by atoms with Gasteiger partial charge in [-0.3, -0.25) is 13.9 Å². The molecule has 0 atom stereocenters. The minimum Gasteiger partial charge on any atom is -0.324 e. The molecule has 4 aliphatic rings. The molecule has 1 aromatic heterocycles. The minimum atomic E-state index is -3.67. The van der Waals surface area contributed by atoms with E-state index in [4.69, 9.17) is 0 Å². The highest BCUT2D eigenvalue weighted by molar-refractivity contribution is 7.92. The van der Waals surface area contributed by atoms with Crippen LogP contribution in [0.15, 0.2) is 47.3 Å². The van der Waals surface area contributed by atoms with E-state index in [0.717, 1.165) is 49.9 Å². The Morgan fingerprint density at radius 2 is 1.67 bits per heavy atom. The number of rotatable bonds is 6. The van der Waals surface area contributed by atoms with Gasteiger partial charge in [0.1, 0.15) is 6.54 Å². The van der Waals surface area contributed by atoms with Crippen molar-refractivity contribution in [1.29, 1.82) is 0 Å². The number of amides is 1. The van der Waals surface area contributed by atoms with E-state index in [1.165, 1.54) is 44.1 Å². The van der Waals surface area contributed by atoms with Crippen LogP contribution in [-0.2, 0) is 27.3 Å². The molecule has 36 heavy (non-hydrogen) atoms. The van der Waals surface area contributed by atoms with E-state index in [-0.39, 0.29) is 16.8 Å². The minimum absolute atomic E-state index is 0.0753. The van der Waals surface area contributed by atoms with Crippen LogP contribution >= 0.6 is 11.3 Å². The summed E-state index contributed by atoms with van der Waals surface area (Å²) in [5.74, 6) is 2.07. The molecular weight excluding hydrogens is 494 g/mol. The van der Waals surface area contributed by atoms with Crippen molar-refractivity contribution in [2.24, 2.45) is 24.8 Å². The van der Waals surface area contributed by atoms with Crippen LogP contribution in [0.1, 0.15) is 44.1 Å². The van der Waals surface area contributed by atoms with Crippen LogP contribution in [0.2, 0.25) is 0 Å². The lowest BCUT2D eigenvalue weighted by Crippen LogP contribution is -2.48. The summed E-state index contributed by atoms with van der Waals surface area (Å²) >= 11 is 1.11. The molecule has 4 saturated carbocycles. The van der Waals surface area contributed by atoms with Gasteiger partial charge in [-0.25, -0.2) is 8.42 Å². The number of hydrogen-bond donors (Lipinski definition) is 1. The molecule has 7 nitrogen and oxygen atoms in total. The monoisotopic (exact) mass is 525 g/mol. The molecule has 0 spiro atoms. The van der Waals surface area contributed by atoms with Crippen LogP contribution < -0.4 is 14.5 Å². The van der Waals surface area contributed by atoms with Crippen LogP contribution in [0.3, 0.4) is 0 Å². The maximum atomic E-state index is 12.9. The second-order valence-corrected chi connectivity index (χ2v) is 14.1. The van der Waals surface area contributed by atoms with Crippen LogP contribution in [0, 0.1) is 17.8 Å². The average molecular weight is 526 g/mol. The lowest BCUT2D eigenvalue weighted by molar-refractivity contribution is -0.114. The summed E-state index contributed by atoms with van der Waals surface area (Å²) in [4.78, 5) is 24.7. The van der Waals surface area contributed by atoms with Gasteiger partial charge in [0.25, 0.3) is 0 Å². The van der Waals surface area contributed by atoms with Gasteiger partial charge >= 0.3 is 4.87 Å². The van der Waals surface area contributed by atoms with Crippen molar-refractivity contribution in [2.45, 2.75) is 43.9 Å². The summed E-state index contributed by atoms with van der Waals surface area (Å²) in [5.41, 5.74) is 3.37. The number of aromatic nitrogens is 1. The van der Waals surface area contributed by atoms with Gasteiger partial charge in [0, 0.05) is 12.7 Å². The Morgan fingerprint density at radius 1 is 1.06 bits per heavy atom. The van der Waals surface area contributed by atoms with E-state index in [9.17, 15) is 18.0 Å². The SMILES string of the molecule is Cn1c(=O)sc2cc(NC(=O)CN(c3ccc(C45CC6CC(CC(C6)C4)C5)cc3)S(C)(=O)=O)ccc21. The fraction of sp³-hybridized carbons (Fsp3) is 0.481. The maximum absolute atomic E-state index is 12.9. The number of benzene rings is 2. The quantitative estimate of drug-likeness (QED) is 0.514. The molecule has 1 N–H and O–H groups in total. The Labute approximate surface area is 215 Å². The Balaban J connectivity index is 1.21. The molecule has 4 bridgehead atoms. The number of thiazole rings is 1. The van der Waals surface area contributed by atoms with Gasteiger partial charge in [-0.15, -0.1) is 0 Å². The molecule has 0 saturated heterocycles. The fourth-order valence-corrected chi connectivity index (χ4v) is 9.16. The molecule has 7 rings (SSSR count). The fourth-order valence-electron chi connectivity index (χ4n) is 7.39. The highest BCUT2D eigenvalue weighted by Gasteiger charge is 2.51. The summed E-state index contributed by atoms with van der Waals surface area (Å²) < 4.78 is 28.8. The molecule has 0 radical (unpaired) electrons. The largest absolute Gasteiger partial charge is 0.324 e. The smallest absolute Gasteiger partial charge is 0.307 e. The van der Waals surface area contributed by atoms with Crippen molar-refractivity contribution < 1.29 is 13.2 Å². The first-order chi connectivity index (χ1) is 17.1. The first kappa shape index (κ1) is 23.7. The van der Waals surface area contributed by atoms with Crippen molar-refractivity contribution in [3.8, 4) is 0 Å². The number of fused-ring (bicyclic) bond motifs is 1. The summed E-state index contributed by atoms with van der Waals surface area (Å²) in [5, 5.41) is 2.79. The number of nitrogens with zero attached hydrogens (tertiary/aromatic N) is 2. The molecule has 1 heterocycles. The number of carbonyl (C=O) groups excluding carboxylic acids is 1. The third kappa shape index (κ3) is 4.16. The Bertz CT molecular complexity index is 1470. The predicted molar refractivity (Wildman–Crippen MR) is 144 cm³/mol. The molecule has 2 aromatic carbocycles. The summed E-state index contributed by atoms with van der Waals surface area (Å²) in [6.07, 6.45) is 9.00. The molecule has 4 fully saturated rings. The first-order valence-corrected chi connectivity index (χ1v) is 15.2. The Kier molecular flexibility index (Phi) is 5.57. The van der Waals surface area contributed by atoms with E-state index in [1.54, 1.807) is 29.8 Å². The van der Waals surface area contributed by atoms with Crippen LogP contribution in [0.25, 0.3) is 10.2 Å². The van der Waals surface area contributed by atoms with Gasteiger partial charge in [-0.1, -0.05) is 23.5 Å². The maximum Gasteiger partial charge on any atom is 0.307 e. The van der Waals surface area contributed by atoms with Gasteiger partial charge in [-0.2, -0.15) is 0 Å². The third-order valence-corrected chi connectivity index (χ3v) is 10.7. The van der Waals surface area contributed by atoms with Crippen LogP contribution in [-0.4, -0.2) is 31.7 Å². The van der Waals surface area contributed by atoms with Gasteiger partial charge < -0.3 is 9.88 Å². The second-order valence-electron chi connectivity index (χ2n) is 11.2. The van der Waals surface area contributed by atoms with Crippen molar-refractivity contribution in [2.75, 3.05) is 22.4 Å². The van der Waals surface area contributed by atoms with Crippen LogP contribution in [0.5, 0.6) is 0 Å². The van der Waals surface area contributed by atoms with E-state index >= 15 is 0 Å². The highest BCUT2D eigenvalue weighted by Crippen LogP contribution is 2.60. The van der Waals surface area contributed by atoms with Gasteiger partial charge in [0.15, 0.2) is 0 Å². The molecule has 0 unspecified atom stereocenters. The topological polar surface area (TPSA) is 88.5 Å². The van der Waals surface area contributed by atoms with Crippen molar-refractivity contribution >= 4 is 48.9 Å². The van der Waals surface area contributed by atoms with Crippen molar-refractivity contribution in [3.05, 3.63) is 57.7 Å². The summed E-state index contributed by atoms with van der Waals surface area (Å²) in [6, 6.07) is 13.1. The van der Waals surface area contributed by atoms with Crippen molar-refractivity contribution in [3.63, 3.8) is 0 Å². The van der Waals surface area contributed by atoms with Gasteiger partial charge in [0.2, 0.25) is 15.9 Å². The number of hydrogen-bond acceptors (Lipinski definition) is 5. The normalized spacial score (nSPS) is 26.9. The predicted octanol–water partition coefficient (Wildman–Crippen LogP) is 4.47. The van der Waals surface area contributed by atoms with Gasteiger partial charge in [0.05, 0.1) is 22.2 Å². The standard InChI is InChI=1S/C27H31N3O4S2/c1-29-23-8-5-21(12-24(23)35-26(29)32)28-25(31)16-30(36(2,33)34)22-6-3-20(4-7-22)27-13-17-9-18(14-27)11-19(10-17)15-27/h3-8,12,17-19H,9-11,13-16H2,1-2H3,(H,28,31). The summed E-state index contributed by atoms with van der Waals surface area (Å²) in [6.45, 7) is -0.321. The molecule has 4 aliphatic carbocycles. The second kappa shape index (κ2) is 8.45. The van der Waals surface area contributed by atoms with E-state index in [2.05, 4.69) is 17.4 Å². The number of aryl methyl sites for hydroxylation is 1. The molecule has 9 heteroatoms. The average Bonchev–Trinajstić information content (AvgIpc) is 3.09. The van der Waals surface area contributed by atoms with E-state index < -0.39 is 15.9 Å². The van der Waals surface area contributed by atoms with Crippen LogP contribution in [0.4, 0.5) is 11.4 Å².